The number of carboxylic acids is 1. The van der Waals surface area contributed by atoms with Gasteiger partial charge in [0.25, 0.3) is 0 Å². The van der Waals surface area contributed by atoms with Gasteiger partial charge in [0.1, 0.15) is 5.56 Å². The molecule has 0 amide bonds. The van der Waals surface area contributed by atoms with Gasteiger partial charge in [-0.3, -0.25) is 4.79 Å². The summed E-state index contributed by atoms with van der Waals surface area (Å²) < 4.78 is 1.22. The summed E-state index contributed by atoms with van der Waals surface area (Å²) in [6.07, 6.45) is 1.21. The van der Waals surface area contributed by atoms with Crippen molar-refractivity contribution in [2.45, 2.75) is 0 Å². The molecule has 2 heterocycles. The fraction of sp³-hybridized carbons (Fsp3) is 0. The van der Waals surface area contributed by atoms with Gasteiger partial charge in [-0.05, 0) is 22.0 Å². The first-order chi connectivity index (χ1) is 6.59. The van der Waals surface area contributed by atoms with Crippen molar-refractivity contribution in [2.24, 2.45) is 0 Å². The van der Waals surface area contributed by atoms with Crippen LogP contribution in [-0.2, 0) is 0 Å². The highest BCUT2D eigenvalue weighted by molar-refractivity contribution is 9.11. The van der Waals surface area contributed by atoms with Crippen molar-refractivity contribution in [1.29, 1.82) is 0 Å². The standard InChI is InChI=1S/C8H4BrNO3S/c9-5-1-4-7(14-5)6(11)3(2-10-4)8(12)13/h1-2H,(H,10,11)(H,12,13). The lowest BCUT2D eigenvalue weighted by atomic mass is 10.2. The molecule has 2 aromatic heterocycles. The number of carbonyl (C=O) groups is 1. The quantitative estimate of drug-likeness (QED) is 0.836. The molecule has 0 spiro atoms. The molecule has 6 heteroatoms. The third kappa shape index (κ3) is 1.36. The van der Waals surface area contributed by atoms with Gasteiger partial charge in [-0.25, -0.2) is 4.79 Å². The van der Waals surface area contributed by atoms with Gasteiger partial charge < -0.3 is 10.1 Å². The number of aromatic carboxylic acids is 1. The van der Waals surface area contributed by atoms with Gasteiger partial charge in [0.05, 0.1) is 14.0 Å². The fourth-order valence-corrected chi connectivity index (χ4v) is 2.65. The maximum Gasteiger partial charge on any atom is 0.341 e. The van der Waals surface area contributed by atoms with Gasteiger partial charge >= 0.3 is 5.97 Å². The molecule has 0 saturated heterocycles. The number of nitrogens with one attached hydrogen (secondary N) is 1. The smallest absolute Gasteiger partial charge is 0.341 e. The number of H-pyrrole nitrogens is 1. The minimum absolute atomic E-state index is 0.230. The van der Waals surface area contributed by atoms with Crippen molar-refractivity contribution in [3.8, 4) is 0 Å². The molecule has 0 atom stereocenters. The first kappa shape index (κ1) is 9.42. The highest BCUT2D eigenvalue weighted by Crippen LogP contribution is 2.25. The van der Waals surface area contributed by atoms with Crippen LogP contribution in [0.15, 0.2) is 20.8 Å². The molecule has 2 aromatic rings. The van der Waals surface area contributed by atoms with Crippen LogP contribution in [0.3, 0.4) is 0 Å². The number of pyridine rings is 1. The van der Waals surface area contributed by atoms with Gasteiger partial charge in [-0.2, -0.15) is 0 Å². The number of hydrogen-bond acceptors (Lipinski definition) is 3. The largest absolute Gasteiger partial charge is 0.477 e. The second-order valence-electron chi connectivity index (χ2n) is 2.63. The second-order valence-corrected chi connectivity index (χ2v) is 5.06. The van der Waals surface area contributed by atoms with Crippen LogP contribution in [0.25, 0.3) is 10.2 Å². The van der Waals surface area contributed by atoms with Gasteiger partial charge in [-0.1, -0.05) is 0 Å². The minimum Gasteiger partial charge on any atom is -0.477 e. The molecule has 0 unspecified atom stereocenters. The highest BCUT2D eigenvalue weighted by Gasteiger charge is 2.12. The van der Waals surface area contributed by atoms with Gasteiger partial charge in [0, 0.05) is 6.20 Å². The van der Waals surface area contributed by atoms with Crippen molar-refractivity contribution in [2.75, 3.05) is 0 Å². The van der Waals surface area contributed by atoms with Crippen LogP contribution in [0.4, 0.5) is 0 Å². The minimum atomic E-state index is -1.21. The Morgan fingerprint density at radius 1 is 1.57 bits per heavy atom. The summed E-state index contributed by atoms with van der Waals surface area (Å²) in [5, 5.41) is 8.70. The number of carboxylic acid groups (broad SMARTS) is 1. The normalized spacial score (nSPS) is 10.6. The zero-order valence-corrected chi connectivity index (χ0v) is 9.11. The predicted octanol–water partition coefficient (Wildman–Crippen LogP) is 2.05. The zero-order chi connectivity index (χ0) is 10.3. The molecule has 0 bridgehead atoms. The van der Waals surface area contributed by atoms with E-state index >= 15 is 0 Å². The summed E-state index contributed by atoms with van der Waals surface area (Å²) >= 11 is 4.45. The van der Waals surface area contributed by atoms with E-state index in [9.17, 15) is 9.59 Å². The van der Waals surface area contributed by atoms with Crippen molar-refractivity contribution in [3.63, 3.8) is 0 Å². The van der Waals surface area contributed by atoms with E-state index in [-0.39, 0.29) is 5.56 Å². The fourth-order valence-electron chi connectivity index (χ4n) is 1.13. The predicted molar refractivity (Wildman–Crippen MR) is 57.1 cm³/mol. The molecule has 0 aliphatic rings. The molecule has 4 nitrogen and oxygen atoms in total. The number of aromatic amines is 1. The molecule has 0 radical (unpaired) electrons. The number of halogens is 1. The molecule has 72 valence electrons. The van der Waals surface area contributed by atoms with Crippen LogP contribution >= 0.6 is 27.3 Å². The van der Waals surface area contributed by atoms with Crippen LogP contribution in [0.2, 0.25) is 0 Å². The van der Waals surface area contributed by atoms with E-state index in [2.05, 4.69) is 20.9 Å². The van der Waals surface area contributed by atoms with E-state index in [1.165, 1.54) is 17.5 Å². The Morgan fingerprint density at radius 2 is 2.29 bits per heavy atom. The summed E-state index contributed by atoms with van der Waals surface area (Å²) in [7, 11) is 0. The lowest BCUT2D eigenvalue weighted by Crippen LogP contribution is -2.13. The highest BCUT2D eigenvalue weighted by atomic mass is 79.9. The van der Waals surface area contributed by atoms with E-state index in [1.54, 1.807) is 6.07 Å². The molecule has 2 N–H and O–H groups in total. The number of rotatable bonds is 1. The SMILES string of the molecule is O=C(O)c1c[nH]c2cc(Br)sc2c1=O. The zero-order valence-electron chi connectivity index (χ0n) is 6.70. The van der Waals surface area contributed by atoms with Gasteiger partial charge in [0.2, 0.25) is 5.43 Å². The van der Waals surface area contributed by atoms with Crippen molar-refractivity contribution >= 4 is 43.5 Å². The Morgan fingerprint density at radius 3 is 2.93 bits per heavy atom. The van der Waals surface area contributed by atoms with Crippen LogP contribution in [0, 0.1) is 0 Å². The van der Waals surface area contributed by atoms with Crippen LogP contribution in [0.1, 0.15) is 10.4 Å². The lowest BCUT2D eigenvalue weighted by Gasteiger charge is -1.92. The summed E-state index contributed by atoms with van der Waals surface area (Å²) in [4.78, 5) is 25.0. The van der Waals surface area contributed by atoms with E-state index < -0.39 is 11.4 Å². The van der Waals surface area contributed by atoms with E-state index in [0.717, 1.165) is 3.79 Å². The average molecular weight is 274 g/mol. The average Bonchev–Trinajstić information content (AvgIpc) is 2.46. The van der Waals surface area contributed by atoms with Crippen molar-refractivity contribution in [1.82, 2.24) is 4.98 Å². The van der Waals surface area contributed by atoms with Gasteiger partial charge in [-0.15, -0.1) is 11.3 Å². The lowest BCUT2D eigenvalue weighted by molar-refractivity contribution is 0.0695. The third-order valence-electron chi connectivity index (χ3n) is 1.76. The summed E-state index contributed by atoms with van der Waals surface area (Å²) in [5.41, 5.74) is -0.0225. The topological polar surface area (TPSA) is 70.2 Å². The molecular weight excluding hydrogens is 270 g/mol. The molecule has 0 aliphatic carbocycles. The molecule has 2 rings (SSSR count). The van der Waals surface area contributed by atoms with E-state index in [4.69, 9.17) is 5.11 Å². The van der Waals surface area contributed by atoms with Crippen molar-refractivity contribution in [3.05, 3.63) is 31.8 Å². The van der Waals surface area contributed by atoms with E-state index in [1.807, 2.05) is 0 Å². The van der Waals surface area contributed by atoms with Crippen molar-refractivity contribution < 1.29 is 9.90 Å². The maximum atomic E-state index is 11.6. The Bertz CT molecular complexity index is 571. The Kier molecular flexibility index (Phi) is 2.16. The first-order valence-electron chi connectivity index (χ1n) is 3.63. The monoisotopic (exact) mass is 273 g/mol. The Balaban J connectivity index is 2.88. The summed E-state index contributed by atoms with van der Waals surface area (Å²) in [5.74, 6) is -1.21. The van der Waals surface area contributed by atoms with Gasteiger partial charge in [0.15, 0.2) is 0 Å². The number of hydrogen-bond donors (Lipinski definition) is 2. The second kappa shape index (κ2) is 3.21. The first-order valence-corrected chi connectivity index (χ1v) is 5.24. The maximum absolute atomic E-state index is 11.6. The number of thiophene rings is 1. The van der Waals surface area contributed by atoms with Crippen LogP contribution < -0.4 is 5.43 Å². The van der Waals surface area contributed by atoms with E-state index in [0.29, 0.717) is 10.2 Å². The van der Waals surface area contributed by atoms with Crippen LogP contribution in [0.5, 0.6) is 0 Å². The summed E-state index contributed by atoms with van der Waals surface area (Å²) in [6, 6.07) is 1.74. The Labute approximate surface area is 90.3 Å². The Hall–Kier alpha value is -1.14. The number of fused-ring (bicyclic) bond motifs is 1. The summed E-state index contributed by atoms with van der Waals surface area (Å²) in [6.45, 7) is 0. The molecular formula is C8H4BrNO3S. The molecule has 0 saturated carbocycles. The molecule has 14 heavy (non-hydrogen) atoms. The molecule has 0 aromatic carbocycles. The molecule has 0 aliphatic heterocycles. The molecule has 0 fully saturated rings. The third-order valence-corrected chi connectivity index (χ3v) is 3.39. The van der Waals surface area contributed by atoms with Crippen LogP contribution in [-0.4, -0.2) is 16.1 Å². The number of aromatic nitrogens is 1.